The summed E-state index contributed by atoms with van der Waals surface area (Å²) in [6, 6.07) is 6.61. The summed E-state index contributed by atoms with van der Waals surface area (Å²) in [5.74, 6) is -1.21. The number of carboxylic acid groups (broad SMARTS) is 1. The number of hydrogen-bond donors (Lipinski definition) is 1. The molecule has 0 fully saturated rings. The van der Waals surface area contributed by atoms with Gasteiger partial charge in [-0.05, 0) is 19.1 Å². The number of hydrogen-bond acceptors (Lipinski definition) is 4. The third-order valence-corrected chi connectivity index (χ3v) is 4.56. The van der Waals surface area contributed by atoms with E-state index in [2.05, 4.69) is 5.10 Å². The number of sulfone groups is 1. The van der Waals surface area contributed by atoms with Gasteiger partial charge in [-0.15, -0.1) is 0 Å². The molecule has 1 aromatic heterocycles. The van der Waals surface area contributed by atoms with Gasteiger partial charge in [0.1, 0.15) is 0 Å². The van der Waals surface area contributed by atoms with Gasteiger partial charge in [0.15, 0.2) is 9.84 Å². The second-order valence-corrected chi connectivity index (χ2v) is 6.54. The smallest absolute Gasteiger partial charge is 0.338 e. The molecule has 0 saturated heterocycles. The van der Waals surface area contributed by atoms with Gasteiger partial charge in [-0.3, -0.25) is 4.68 Å². The molecule has 0 unspecified atom stereocenters. The highest BCUT2D eigenvalue weighted by Crippen LogP contribution is 2.12. The first-order valence-electron chi connectivity index (χ1n) is 5.94. The predicted octanol–water partition coefficient (Wildman–Crippen LogP) is 1.36. The fourth-order valence-electron chi connectivity index (χ4n) is 1.67. The zero-order valence-electron chi connectivity index (χ0n) is 10.9. The average molecular weight is 294 g/mol. The Balaban J connectivity index is 2.08. The zero-order valence-corrected chi connectivity index (χ0v) is 11.7. The molecule has 0 aliphatic rings. The molecule has 6 nitrogen and oxygen atoms in total. The summed E-state index contributed by atoms with van der Waals surface area (Å²) < 4.78 is 25.5. The number of rotatable bonds is 5. The number of nitrogens with zero attached hydrogens (tertiary/aromatic N) is 2. The van der Waals surface area contributed by atoms with E-state index in [9.17, 15) is 13.2 Å². The SMILES string of the molecule is Cc1ccc(S(=O)(=O)CCn2cc(C(=O)O)cn2)cc1. The molecule has 0 bridgehead atoms. The molecule has 106 valence electrons. The van der Waals surface area contributed by atoms with Crippen LogP contribution in [0.3, 0.4) is 0 Å². The molecule has 0 radical (unpaired) electrons. The quantitative estimate of drug-likeness (QED) is 0.899. The number of aryl methyl sites for hydroxylation is 2. The summed E-state index contributed by atoms with van der Waals surface area (Å²) in [6.07, 6.45) is 2.51. The van der Waals surface area contributed by atoms with E-state index in [1.807, 2.05) is 6.92 Å². The van der Waals surface area contributed by atoms with Crippen LogP contribution in [0.25, 0.3) is 0 Å². The minimum absolute atomic E-state index is 0.0396. The molecule has 1 N–H and O–H groups in total. The van der Waals surface area contributed by atoms with E-state index in [-0.39, 0.29) is 22.8 Å². The first kappa shape index (κ1) is 14.3. The van der Waals surface area contributed by atoms with Crippen molar-refractivity contribution >= 4 is 15.8 Å². The standard InChI is InChI=1S/C13H14N2O4S/c1-10-2-4-12(5-3-10)20(18,19)7-6-15-9-11(8-14-15)13(16)17/h2-5,8-9H,6-7H2,1H3,(H,16,17). The van der Waals surface area contributed by atoms with Crippen LogP contribution >= 0.6 is 0 Å². The minimum atomic E-state index is -3.39. The predicted molar refractivity (Wildman–Crippen MR) is 72.4 cm³/mol. The van der Waals surface area contributed by atoms with Crippen molar-refractivity contribution in [3.63, 3.8) is 0 Å². The summed E-state index contributed by atoms with van der Waals surface area (Å²) in [4.78, 5) is 11.0. The van der Waals surface area contributed by atoms with Crippen LogP contribution < -0.4 is 0 Å². The van der Waals surface area contributed by atoms with Crippen molar-refractivity contribution in [3.8, 4) is 0 Å². The van der Waals surface area contributed by atoms with Gasteiger partial charge >= 0.3 is 5.97 Å². The maximum absolute atomic E-state index is 12.1. The van der Waals surface area contributed by atoms with Crippen LogP contribution in [0.5, 0.6) is 0 Å². The summed E-state index contributed by atoms with van der Waals surface area (Å²) in [6.45, 7) is 2.00. The van der Waals surface area contributed by atoms with E-state index in [0.717, 1.165) is 5.56 Å². The Morgan fingerprint density at radius 2 is 1.95 bits per heavy atom. The highest BCUT2D eigenvalue weighted by Gasteiger charge is 2.15. The van der Waals surface area contributed by atoms with Crippen LogP contribution in [0.4, 0.5) is 0 Å². The summed E-state index contributed by atoms with van der Waals surface area (Å²) in [5, 5.41) is 12.6. The van der Waals surface area contributed by atoms with E-state index in [0.29, 0.717) is 0 Å². The van der Waals surface area contributed by atoms with Crippen LogP contribution in [0.15, 0.2) is 41.6 Å². The molecule has 0 aliphatic heterocycles. The number of aromatic carboxylic acids is 1. The molecular formula is C13H14N2O4S. The van der Waals surface area contributed by atoms with Crippen LogP contribution in [0.2, 0.25) is 0 Å². The number of aromatic nitrogens is 2. The summed E-state index contributed by atoms with van der Waals surface area (Å²) in [7, 11) is -3.39. The van der Waals surface area contributed by atoms with E-state index >= 15 is 0 Å². The van der Waals surface area contributed by atoms with Gasteiger partial charge in [-0.25, -0.2) is 13.2 Å². The Hall–Kier alpha value is -2.15. The summed E-state index contributed by atoms with van der Waals surface area (Å²) >= 11 is 0. The maximum atomic E-state index is 12.1. The molecule has 7 heteroatoms. The lowest BCUT2D eigenvalue weighted by atomic mass is 10.2. The minimum Gasteiger partial charge on any atom is -0.478 e. The molecule has 2 aromatic rings. The van der Waals surface area contributed by atoms with Gasteiger partial charge in [0.05, 0.1) is 29.0 Å². The maximum Gasteiger partial charge on any atom is 0.338 e. The highest BCUT2D eigenvalue weighted by atomic mass is 32.2. The van der Waals surface area contributed by atoms with E-state index in [1.54, 1.807) is 24.3 Å². The second-order valence-electron chi connectivity index (χ2n) is 4.43. The van der Waals surface area contributed by atoms with Crippen LogP contribution in [-0.2, 0) is 16.4 Å². The topological polar surface area (TPSA) is 89.3 Å². The molecular weight excluding hydrogens is 280 g/mol. The third-order valence-electron chi connectivity index (χ3n) is 2.85. The van der Waals surface area contributed by atoms with E-state index in [4.69, 9.17) is 5.11 Å². The molecule has 1 aromatic carbocycles. The van der Waals surface area contributed by atoms with Gasteiger partial charge in [0, 0.05) is 6.20 Å². The van der Waals surface area contributed by atoms with E-state index < -0.39 is 15.8 Å². The molecule has 20 heavy (non-hydrogen) atoms. The van der Waals surface area contributed by atoms with Crippen LogP contribution in [0.1, 0.15) is 15.9 Å². The Kier molecular flexibility index (Phi) is 3.89. The van der Waals surface area contributed by atoms with Gasteiger partial charge in [-0.2, -0.15) is 5.10 Å². The normalized spacial score (nSPS) is 11.4. The van der Waals surface area contributed by atoms with E-state index in [1.165, 1.54) is 17.1 Å². The van der Waals surface area contributed by atoms with Crippen molar-refractivity contribution in [2.75, 3.05) is 5.75 Å². The van der Waals surface area contributed by atoms with Crippen LogP contribution in [0, 0.1) is 6.92 Å². The van der Waals surface area contributed by atoms with Gasteiger partial charge in [0.2, 0.25) is 0 Å². The fourth-order valence-corrected chi connectivity index (χ4v) is 2.89. The number of carboxylic acids is 1. The van der Waals surface area contributed by atoms with Crippen molar-refractivity contribution in [2.45, 2.75) is 18.4 Å². The number of benzene rings is 1. The Labute approximate surface area is 116 Å². The number of carbonyl (C=O) groups is 1. The molecule has 0 spiro atoms. The Morgan fingerprint density at radius 3 is 2.50 bits per heavy atom. The summed E-state index contributed by atoms with van der Waals surface area (Å²) in [5.41, 5.74) is 1.03. The van der Waals surface area contributed by atoms with Gasteiger partial charge in [0.25, 0.3) is 0 Å². The van der Waals surface area contributed by atoms with Crippen LogP contribution in [-0.4, -0.2) is 35.0 Å². The first-order valence-corrected chi connectivity index (χ1v) is 7.59. The molecule has 0 aliphatic carbocycles. The lowest BCUT2D eigenvalue weighted by Crippen LogP contribution is -2.13. The Bertz CT molecular complexity index is 717. The first-order chi connectivity index (χ1) is 9.38. The van der Waals surface area contributed by atoms with Crippen molar-refractivity contribution < 1.29 is 18.3 Å². The molecule has 2 rings (SSSR count). The van der Waals surface area contributed by atoms with Crippen molar-refractivity contribution in [3.05, 3.63) is 47.8 Å². The molecule has 0 saturated carbocycles. The monoisotopic (exact) mass is 294 g/mol. The molecule has 1 heterocycles. The fraction of sp³-hybridized carbons (Fsp3) is 0.231. The van der Waals surface area contributed by atoms with Gasteiger partial charge < -0.3 is 5.11 Å². The largest absolute Gasteiger partial charge is 0.478 e. The highest BCUT2D eigenvalue weighted by molar-refractivity contribution is 7.91. The lowest BCUT2D eigenvalue weighted by Gasteiger charge is -2.05. The second kappa shape index (κ2) is 5.46. The third kappa shape index (κ3) is 3.24. The van der Waals surface area contributed by atoms with Gasteiger partial charge in [-0.1, -0.05) is 17.7 Å². The van der Waals surface area contributed by atoms with Crippen molar-refractivity contribution in [1.29, 1.82) is 0 Å². The lowest BCUT2D eigenvalue weighted by molar-refractivity contribution is 0.0697. The van der Waals surface area contributed by atoms with Crippen molar-refractivity contribution in [2.24, 2.45) is 0 Å². The Morgan fingerprint density at radius 1 is 1.30 bits per heavy atom. The zero-order chi connectivity index (χ0) is 14.8. The average Bonchev–Trinajstić information content (AvgIpc) is 2.86. The molecule has 0 atom stereocenters. The molecule has 0 amide bonds. The van der Waals surface area contributed by atoms with Crippen molar-refractivity contribution in [1.82, 2.24) is 9.78 Å².